The summed E-state index contributed by atoms with van der Waals surface area (Å²) in [4.78, 5) is 25.2. The molecule has 6 N–H and O–H groups in total. The molecule has 18 heteroatoms. The minimum Gasteiger partial charge on any atom is -0.478 e. The van der Waals surface area contributed by atoms with Gasteiger partial charge in [0.25, 0.3) is 0 Å². The van der Waals surface area contributed by atoms with Crippen molar-refractivity contribution in [2.24, 2.45) is 15.9 Å². The molecule has 10 rings (SSSR count). The van der Waals surface area contributed by atoms with Gasteiger partial charge in [0.05, 0.1) is 16.4 Å². The number of rotatable bonds is 22. The van der Waals surface area contributed by atoms with Crippen LogP contribution in [-0.2, 0) is 0 Å². The van der Waals surface area contributed by atoms with Crippen LogP contribution in [-0.4, -0.2) is 16.2 Å². The molecule has 540 valence electrons. The molecule has 0 atom stereocenters. The number of allylic oxidation sites excluding steroid dienone is 27. The van der Waals surface area contributed by atoms with Crippen LogP contribution in [0.25, 0.3) is 21.6 Å². The van der Waals surface area contributed by atoms with E-state index >= 15 is 0 Å². The Morgan fingerprint density at radius 2 is 0.781 bits per heavy atom. The Balaban J connectivity index is 0.000000206. The van der Waals surface area contributed by atoms with Crippen molar-refractivity contribution in [3.63, 3.8) is 0 Å². The molecule has 0 aliphatic heterocycles. The number of halogens is 5. The van der Waals surface area contributed by atoms with Crippen molar-refractivity contribution in [2.75, 3.05) is 11.2 Å². The van der Waals surface area contributed by atoms with Gasteiger partial charge in [-0.25, -0.2) is 4.79 Å². The van der Waals surface area contributed by atoms with E-state index in [9.17, 15) is 4.79 Å². The Bertz CT molecular complexity index is 4350. The fourth-order valence-corrected chi connectivity index (χ4v) is 17.7. The van der Waals surface area contributed by atoms with Gasteiger partial charge < -0.3 is 16.3 Å². The van der Waals surface area contributed by atoms with E-state index in [1.807, 2.05) is 131 Å². The summed E-state index contributed by atoms with van der Waals surface area (Å²) in [5.41, 5.74) is 39.1. The Hall–Kier alpha value is -6.26. The molecule has 0 radical (unpaired) electrons. The number of thiocarbonyl (C=S) groups is 1. The molecule has 5 aromatic carbocycles. The molecule has 0 amide bonds. The summed E-state index contributed by atoms with van der Waals surface area (Å²) in [7, 11) is 0. The Morgan fingerprint density at radius 3 is 1.11 bits per heavy atom. The van der Waals surface area contributed by atoms with Crippen LogP contribution in [0.4, 0.5) is 22.7 Å². The largest absolute Gasteiger partial charge is 0.478 e. The van der Waals surface area contributed by atoms with Crippen LogP contribution < -0.4 is 17.0 Å². The van der Waals surface area contributed by atoms with Gasteiger partial charge in [-0.05, 0) is 297 Å². The number of nitrogens with one attached hydrogen (secondary N) is 1. The Kier molecular flexibility index (Phi) is 42.1. The highest BCUT2D eigenvalue weighted by molar-refractivity contribution is 14.1. The number of nitrogens with two attached hydrogens (primary N) is 2. The fraction of sp³-hybridized carbons (Fsp3) is 0.172. The molecule has 5 aromatic rings. The number of nitrogens with zero attached hydrogens (tertiary/aromatic N) is 4. The van der Waals surface area contributed by atoms with E-state index in [2.05, 4.69) is 297 Å². The van der Waals surface area contributed by atoms with Crippen molar-refractivity contribution in [1.29, 1.82) is 0 Å². The summed E-state index contributed by atoms with van der Waals surface area (Å²) in [6.45, 7) is 19.1. The molecule has 0 saturated heterocycles. The summed E-state index contributed by atoms with van der Waals surface area (Å²) in [5, 5.41) is 15.0. The molecule has 5 aliphatic rings. The number of carboxylic acid groups (broad SMARTS) is 1. The highest BCUT2D eigenvalue weighted by Gasteiger charge is 2.22. The normalized spacial score (nSPS) is 17.4. The predicted octanol–water partition coefficient (Wildman–Crippen LogP) is 30.4. The molecule has 0 bridgehead atoms. The molecule has 0 saturated carbocycles. The summed E-state index contributed by atoms with van der Waals surface area (Å²) in [6.07, 6.45) is 47.8. The zero-order valence-corrected chi connectivity index (χ0v) is 72.6. The predicted molar refractivity (Wildman–Crippen MR) is 504 cm³/mol. The third kappa shape index (κ3) is 29.0. The average Bonchev–Trinajstić information content (AvgIpc) is 0.826. The van der Waals surface area contributed by atoms with Gasteiger partial charge in [-0.1, -0.05) is 314 Å². The number of carbonyl (C=O) groups is 1. The first kappa shape index (κ1) is 87.6. The quantitative estimate of drug-likeness (QED) is 0.00608. The van der Waals surface area contributed by atoms with E-state index < -0.39 is 5.97 Å². The Labute approximate surface area is 708 Å². The zero-order chi connectivity index (χ0) is 75.6. The minimum absolute atomic E-state index is 0.316. The number of benzene rings is 5. The number of carboxylic acids is 1. The summed E-state index contributed by atoms with van der Waals surface area (Å²) < 4.78 is 10.4. The smallest absolute Gasteiger partial charge is 0.335 e. The van der Waals surface area contributed by atoms with Gasteiger partial charge in [-0.3, -0.25) is 5.84 Å². The maximum Gasteiger partial charge on any atom is 0.335 e. The van der Waals surface area contributed by atoms with E-state index in [1.54, 1.807) is 23.9 Å². The number of hydrazine groups is 1. The number of aromatic carboxylic acids is 1. The van der Waals surface area contributed by atoms with Gasteiger partial charge in [-0.2, -0.15) is 4.99 Å². The second-order valence-electron chi connectivity index (χ2n) is 23.6. The molecule has 0 unspecified atom stereocenters. The van der Waals surface area contributed by atoms with E-state index in [1.165, 1.54) is 116 Å². The van der Waals surface area contributed by atoms with Crippen molar-refractivity contribution in [3.05, 3.63) is 363 Å². The lowest BCUT2D eigenvalue weighted by Gasteiger charge is -2.22. The highest BCUT2D eigenvalue weighted by atomic mass is 127. The summed E-state index contributed by atoms with van der Waals surface area (Å²) in [6, 6.07) is 39.2. The molecule has 9 nitrogen and oxygen atoms in total. The van der Waals surface area contributed by atoms with Gasteiger partial charge >= 0.3 is 5.97 Å². The molecule has 5 aliphatic carbocycles. The van der Waals surface area contributed by atoms with Crippen LogP contribution in [0.3, 0.4) is 0 Å². The number of thioether (sulfide) groups is 3. The van der Waals surface area contributed by atoms with Crippen molar-refractivity contribution >= 4 is 205 Å². The minimum atomic E-state index is -0.894. The summed E-state index contributed by atoms with van der Waals surface area (Å²) >= 11 is 21.3. The van der Waals surface area contributed by atoms with E-state index in [0.29, 0.717) is 11.3 Å². The third-order valence-electron chi connectivity index (χ3n) is 16.7. The standard InChI is InChI=1S/C18H16INS2.C18H17IO2S.C17H16IN3.C17H19IN2.C17H18INS/c1-2-4-14-5-3-6-15(11-12-19)18(14)22-17-9-7-16(8-10-17)20-13-21;1-2-4-13-5-3-6-14(11-12-19)17(13)22-16-9-7-15(8-10-16)18(20)21;1-2-4-13-5-3-6-14(11-12-18)17(13)15-7-9-16(10-8-15)20-21-19;1-2-4-13-5-3-6-14(11-12-18)17(13)15-7-9-16(20-19)10-8-15;1-2-4-13-5-3-6-14(11-12-18)17(13)20-16-9-7-15(19)8-10-16/h2,4,7-12H,1,3,5-6H2;2,4,7-12H,1,3,5-6H2,(H,20,21);2,4,7-12H,1,3,5-6H2;2,4,7-12,20H,1,3,5-6,19H2;2,4,7-12H,1,3,5-6,19H2/b12-11+,14-4+;12-11+,13-4?;12-11+,13-4+;2*12-11+,13-4?. The van der Waals surface area contributed by atoms with Gasteiger partial charge in [0.1, 0.15) is 0 Å². The number of hydrogen-bond acceptors (Lipinski definition) is 10. The third-order valence-corrected chi connectivity index (χ3v) is 22.3. The van der Waals surface area contributed by atoms with E-state index in [-0.39, 0.29) is 0 Å². The van der Waals surface area contributed by atoms with Gasteiger partial charge in [0.2, 0.25) is 0 Å². The molecule has 0 heterocycles. The SMILES string of the molecule is C=C/C=C1\CCCC(/C=C/I)=C1Sc1ccc(N=C=S)cc1.C=C/C=C1\CCCC(/C=C/I)=C1c1ccc(N=[N+]=[N-])cc1.C=CC=C1CCCC(/C=C/I)=C1Sc1ccc(C(=O)O)cc1.C=CC=C1CCCC(/C=C/I)=C1Sc1ccc(N)cc1.C=CC=C1CCCC(/C=C/I)=C1c1ccc(NN)cc1. The number of anilines is 2. The first-order valence-electron chi connectivity index (χ1n) is 34.0. The molecule has 105 heavy (non-hydrogen) atoms. The van der Waals surface area contributed by atoms with Crippen molar-refractivity contribution in [2.45, 2.75) is 111 Å². The number of azide groups is 1. The zero-order valence-electron chi connectivity index (χ0n) is 58.6. The fourth-order valence-electron chi connectivity index (χ4n) is 12.1. The Morgan fingerprint density at radius 1 is 0.467 bits per heavy atom. The van der Waals surface area contributed by atoms with Crippen LogP contribution in [0.5, 0.6) is 0 Å². The summed E-state index contributed by atoms with van der Waals surface area (Å²) in [5.74, 6) is 4.54. The number of isothiocyanates is 1. The van der Waals surface area contributed by atoms with Gasteiger partial charge in [0.15, 0.2) is 0 Å². The van der Waals surface area contributed by atoms with Crippen LogP contribution in [0.15, 0.2) is 361 Å². The van der Waals surface area contributed by atoms with Crippen LogP contribution in [0.2, 0.25) is 0 Å². The van der Waals surface area contributed by atoms with Crippen molar-refractivity contribution < 1.29 is 9.90 Å². The number of aliphatic imine (C=N–C) groups is 1. The monoisotopic (exact) mass is 2020 g/mol. The maximum atomic E-state index is 10.9. The van der Waals surface area contributed by atoms with Crippen LogP contribution >= 0.6 is 160 Å². The van der Waals surface area contributed by atoms with Crippen LogP contribution in [0.1, 0.15) is 118 Å². The van der Waals surface area contributed by atoms with Crippen molar-refractivity contribution in [3.8, 4) is 0 Å². The van der Waals surface area contributed by atoms with E-state index in [0.717, 1.165) is 105 Å². The van der Waals surface area contributed by atoms with Crippen molar-refractivity contribution in [1.82, 2.24) is 0 Å². The lowest BCUT2D eigenvalue weighted by atomic mass is 9.83. The molecule has 0 spiro atoms. The second kappa shape index (κ2) is 50.4. The number of hydrogen-bond donors (Lipinski definition) is 4. The van der Waals surface area contributed by atoms with Gasteiger partial charge in [0, 0.05) is 51.4 Å². The number of nitrogen functional groups attached to an aromatic ring is 2. The molecule has 0 aromatic heterocycles. The first-order chi connectivity index (χ1) is 51.3. The second-order valence-corrected chi connectivity index (χ2v) is 30.6. The lowest BCUT2D eigenvalue weighted by molar-refractivity contribution is 0.0696. The average molecular weight is 2020 g/mol. The highest BCUT2D eigenvalue weighted by Crippen LogP contribution is 2.46. The maximum absolute atomic E-state index is 10.9. The topological polar surface area (TPSA) is 162 Å². The van der Waals surface area contributed by atoms with E-state index in [4.69, 9.17) is 22.2 Å². The lowest BCUT2D eigenvalue weighted by Crippen LogP contribution is -2.06. The first-order valence-corrected chi connectivity index (χ1v) is 43.1. The molecular weight excluding hydrogens is 1940 g/mol. The molecule has 0 fully saturated rings. The van der Waals surface area contributed by atoms with Crippen LogP contribution in [0, 0.1) is 0 Å². The van der Waals surface area contributed by atoms with Gasteiger partial charge in [-0.15, -0.1) is 0 Å². The molecular formula is C87H86I5N7O2S4.